The van der Waals surface area contributed by atoms with Gasteiger partial charge in [0.25, 0.3) is 11.1 Å². The standard InChI is InChI=1S/C14H15N3O3S/c18-12-3-4-13(19)17(15-12)8-14(20)16-6-1-2-11(16)10-5-7-21-9-10/h3-5,7,9,11H,1-2,6,8H2,(H,15,18)/t11-/m1/s1. The summed E-state index contributed by atoms with van der Waals surface area (Å²) < 4.78 is 1.06. The molecular formula is C14H15N3O3S. The number of aromatic nitrogens is 2. The summed E-state index contributed by atoms with van der Waals surface area (Å²) in [6, 6.07) is 4.44. The predicted octanol–water partition coefficient (Wildman–Crippen LogP) is 0.962. The van der Waals surface area contributed by atoms with Crippen LogP contribution in [0.5, 0.6) is 0 Å². The van der Waals surface area contributed by atoms with E-state index < -0.39 is 5.56 Å². The van der Waals surface area contributed by atoms with Crippen LogP contribution in [0.3, 0.4) is 0 Å². The van der Waals surface area contributed by atoms with Crippen molar-refractivity contribution >= 4 is 17.2 Å². The molecule has 21 heavy (non-hydrogen) atoms. The van der Waals surface area contributed by atoms with Crippen molar-refractivity contribution in [2.75, 3.05) is 6.54 Å². The molecule has 0 saturated carbocycles. The van der Waals surface area contributed by atoms with Crippen LogP contribution in [-0.2, 0) is 11.3 Å². The molecular weight excluding hydrogens is 290 g/mol. The fourth-order valence-corrected chi connectivity index (χ4v) is 3.39. The normalized spacial score (nSPS) is 18.1. The van der Waals surface area contributed by atoms with Crippen molar-refractivity contribution in [3.63, 3.8) is 0 Å². The maximum atomic E-state index is 12.4. The summed E-state index contributed by atoms with van der Waals surface area (Å²) in [7, 11) is 0. The van der Waals surface area contributed by atoms with Gasteiger partial charge in [-0.1, -0.05) is 0 Å². The van der Waals surface area contributed by atoms with Gasteiger partial charge in [0.1, 0.15) is 6.54 Å². The number of H-pyrrole nitrogens is 1. The highest BCUT2D eigenvalue weighted by Crippen LogP contribution is 2.33. The van der Waals surface area contributed by atoms with E-state index in [1.165, 1.54) is 6.07 Å². The minimum absolute atomic E-state index is 0.0786. The highest BCUT2D eigenvalue weighted by atomic mass is 32.1. The van der Waals surface area contributed by atoms with Crippen molar-refractivity contribution in [1.82, 2.24) is 14.7 Å². The van der Waals surface area contributed by atoms with Crippen LogP contribution in [0.2, 0.25) is 0 Å². The first-order valence-electron chi connectivity index (χ1n) is 6.77. The Morgan fingerprint density at radius 1 is 1.33 bits per heavy atom. The molecule has 1 aliphatic rings. The SMILES string of the molecule is O=C(Cn1[nH]c(=O)ccc1=O)N1CCC[C@@H]1c1ccsc1. The quantitative estimate of drug-likeness (QED) is 0.918. The van der Waals surface area contributed by atoms with Crippen molar-refractivity contribution < 1.29 is 4.79 Å². The number of amides is 1. The number of aromatic amines is 1. The third-order valence-electron chi connectivity index (χ3n) is 3.68. The molecule has 6 nitrogen and oxygen atoms in total. The van der Waals surface area contributed by atoms with E-state index in [0.717, 1.165) is 29.2 Å². The number of rotatable bonds is 3. The van der Waals surface area contributed by atoms with Crippen molar-refractivity contribution in [3.8, 4) is 0 Å². The number of carbonyl (C=O) groups is 1. The van der Waals surface area contributed by atoms with Crippen molar-refractivity contribution in [2.45, 2.75) is 25.4 Å². The van der Waals surface area contributed by atoms with E-state index in [9.17, 15) is 14.4 Å². The van der Waals surface area contributed by atoms with Crippen molar-refractivity contribution in [3.05, 3.63) is 55.2 Å². The van der Waals surface area contributed by atoms with Crippen LogP contribution < -0.4 is 11.1 Å². The van der Waals surface area contributed by atoms with Gasteiger partial charge >= 0.3 is 0 Å². The molecule has 1 aliphatic heterocycles. The Morgan fingerprint density at radius 2 is 2.19 bits per heavy atom. The highest BCUT2D eigenvalue weighted by Gasteiger charge is 2.30. The molecule has 2 aromatic rings. The lowest BCUT2D eigenvalue weighted by molar-refractivity contribution is -0.133. The molecule has 0 aliphatic carbocycles. The molecule has 0 radical (unpaired) electrons. The van der Waals surface area contributed by atoms with Crippen LogP contribution >= 0.6 is 11.3 Å². The molecule has 0 aromatic carbocycles. The summed E-state index contributed by atoms with van der Waals surface area (Å²) >= 11 is 1.61. The van der Waals surface area contributed by atoms with Gasteiger partial charge in [0.2, 0.25) is 5.91 Å². The van der Waals surface area contributed by atoms with Crippen molar-refractivity contribution in [1.29, 1.82) is 0 Å². The van der Waals surface area contributed by atoms with Gasteiger partial charge in [-0.05, 0) is 35.2 Å². The lowest BCUT2D eigenvalue weighted by atomic mass is 10.1. The molecule has 1 N–H and O–H groups in total. The molecule has 3 rings (SSSR count). The number of carbonyl (C=O) groups excluding carboxylic acids is 1. The smallest absolute Gasteiger partial charge is 0.265 e. The number of likely N-dealkylation sites (tertiary alicyclic amines) is 1. The summed E-state index contributed by atoms with van der Waals surface area (Å²) in [4.78, 5) is 37.1. The molecule has 7 heteroatoms. The van der Waals surface area contributed by atoms with E-state index in [2.05, 4.69) is 5.10 Å². The number of thiophene rings is 1. The van der Waals surface area contributed by atoms with Gasteiger partial charge in [0.15, 0.2) is 0 Å². The van der Waals surface area contributed by atoms with Gasteiger partial charge in [-0.3, -0.25) is 19.5 Å². The molecule has 1 fully saturated rings. The highest BCUT2D eigenvalue weighted by molar-refractivity contribution is 7.07. The number of hydrogen-bond acceptors (Lipinski definition) is 4. The average molecular weight is 305 g/mol. The number of hydrogen-bond donors (Lipinski definition) is 1. The zero-order chi connectivity index (χ0) is 14.8. The van der Waals surface area contributed by atoms with E-state index in [1.54, 1.807) is 16.2 Å². The van der Waals surface area contributed by atoms with Gasteiger partial charge in [0, 0.05) is 18.7 Å². The number of nitrogens with zero attached hydrogens (tertiary/aromatic N) is 2. The van der Waals surface area contributed by atoms with Gasteiger partial charge in [0.05, 0.1) is 6.04 Å². The maximum absolute atomic E-state index is 12.4. The predicted molar refractivity (Wildman–Crippen MR) is 79.3 cm³/mol. The average Bonchev–Trinajstić information content (AvgIpc) is 3.12. The fourth-order valence-electron chi connectivity index (χ4n) is 2.68. The second kappa shape index (κ2) is 5.69. The van der Waals surface area contributed by atoms with Crippen LogP contribution in [0.25, 0.3) is 0 Å². The molecule has 0 spiro atoms. The lowest BCUT2D eigenvalue weighted by Gasteiger charge is -2.24. The van der Waals surface area contributed by atoms with Gasteiger partial charge < -0.3 is 4.90 Å². The molecule has 2 aromatic heterocycles. The Hall–Kier alpha value is -2.15. The minimum atomic E-state index is -0.391. The maximum Gasteiger partial charge on any atom is 0.265 e. The summed E-state index contributed by atoms with van der Waals surface area (Å²) in [5, 5.41) is 6.43. The van der Waals surface area contributed by atoms with Crippen LogP contribution in [0, 0.1) is 0 Å². The van der Waals surface area contributed by atoms with E-state index in [4.69, 9.17) is 0 Å². The monoisotopic (exact) mass is 305 g/mol. The fraction of sp³-hybridized carbons (Fsp3) is 0.357. The van der Waals surface area contributed by atoms with E-state index in [1.807, 2.05) is 16.8 Å². The summed E-state index contributed by atoms with van der Waals surface area (Å²) in [6.45, 7) is 0.556. The topological polar surface area (TPSA) is 75.2 Å². The Morgan fingerprint density at radius 3 is 2.95 bits per heavy atom. The van der Waals surface area contributed by atoms with Crippen LogP contribution in [0.4, 0.5) is 0 Å². The second-order valence-corrected chi connectivity index (χ2v) is 5.82. The van der Waals surface area contributed by atoms with E-state index >= 15 is 0 Å². The third-order valence-corrected chi connectivity index (χ3v) is 4.38. The molecule has 1 saturated heterocycles. The molecule has 3 heterocycles. The Balaban J connectivity index is 1.80. The molecule has 0 unspecified atom stereocenters. The van der Waals surface area contributed by atoms with Crippen LogP contribution in [-0.4, -0.2) is 27.1 Å². The first-order chi connectivity index (χ1) is 10.1. The van der Waals surface area contributed by atoms with E-state index in [-0.39, 0.29) is 24.1 Å². The largest absolute Gasteiger partial charge is 0.334 e. The zero-order valence-corrected chi connectivity index (χ0v) is 12.1. The van der Waals surface area contributed by atoms with Gasteiger partial charge in [-0.25, -0.2) is 4.68 Å². The van der Waals surface area contributed by atoms with Gasteiger partial charge in [-0.15, -0.1) is 0 Å². The van der Waals surface area contributed by atoms with Crippen LogP contribution in [0.15, 0.2) is 38.5 Å². The van der Waals surface area contributed by atoms with Crippen molar-refractivity contribution in [2.24, 2.45) is 0 Å². The molecule has 1 atom stereocenters. The number of nitrogens with one attached hydrogen (secondary N) is 1. The zero-order valence-electron chi connectivity index (χ0n) is 11.3. The lowest BCUT2D eigenvalue weighted by Crippen LogP contribution is -2.38. The van der Waals surface area contributed by atoms with Crippen LogP contribution in [0.1, 0.15) is 24.4 Å². The molecule has 110 valence electrons. The summed E-state index contributed by atoms with van der Waals surface area (Å²) in [5.41, 5.74) is 0.368. The summed E-state index contributed by atoms with van der Waals surface area (Å²) in [6.07, 6.45) is 1.88. The minimum Gasteiger partial charge on any atom is -0.334 e. The molecule has 1 amide bonds. The summed E-state index contributed by atoms with van der Waals surface area (Å²) in [5.74, 6) is -0.146. The Bertz CT molecular complexity index is 747. The Labute approximate surface area is 124 Å². The molecule has 0 bridgehead atoms. The first-order valence-corrected chi connectivity index (χ1v) is 7.71. The second-order valence-electron chi connectivity index (χ2n) is 5.04. The Kier molecular flexibility index (Phi) is 3.74. The first kappa shape index (κ1) is 13.8. The van der Waals surface area contributed by atoms with E-state index in [0.29, 0.717) is 6.54 Å². The third kappa shape index (κ3) is 2.82. The van der Waals surface area contributed by atoms with Gasteiger partial charge in [-0.2, -0.15) is 11.3 Å².